The third-order valence-corrected chi connectivity index (χ3v) is 3.81. The van der Waals surface area contributed by atoms with Crippen molar-refractivity contribution in [2.24, 2.45) is 11.1 Å². The van der Waals surface area contributed by atoms with Gasteiger partial charge in [0.2, 0.25) is 6.10 Å². The normalized spacial score (nSPS) is 26.7. The minimum atomic E-state index is -0.701. The molecule has 0 aromatic heterocycles. The van der Waals surface area contributed by atoms with Crippen LogP contribution in [0.3, 0.4) is 0 Å². The molecule has 1 saturated carbocycles. The van der Waals surface area contributed by atoms with E-state index >= 15 is 0 Å². The monoisotopic (exact) mass is 289 g/mol. The fraction of sp³-hybridized carbons (Fsp3) is 0.429. The molecule has 1 aliphatic heterocycles. The van der Waals surface area contributed by atoms with Gasteiger partial charge in [-0.25, -0.2) is 0 Å². The number of hydrogen-bond donors (Lipinski definition) is 1. The number of rotatable bonds is 4. The summed E-state index contributed by atoms with van der Waals surface area (Å²) in [7, 11) is 0. The molecular formula is C14H15N3O4. The zero-order valence-corrected chi connectivity index (χ0v) is 11.5. The van der Waals surface area contributed by atoms with E-state index in [1.54, 1.807) is 18.2 Å². The summed E-state index contributed by atoms with van der Waals surface area (Å²) in [5, 5.41) is 17.7. The van der Waals surface area contributed by atoms with Crippen LogP contribution in [0.2, 0.25) is 0 Å². The first-order chi connectivity index (χ1) is 10.1. The quantitative estimate of drug-likeness (QED) is 0.673. The molecule has 0 spiro atoms. The Bertz CT molecular complexity index is 628. The maximum atomic E-state index is 12.0. The van der Waals surface area contributed by atoms with Crippen LogP contribution in [0.4, 0.5) is 5.69 Å². The molecular weight excluding hydrogens is 274 g/mol. The third-order valence-electron chi connectivity index (χ3n) is 3.81. The second-order valence-electron chi connectivity index (χ2n) is 5.44. The summed E-state index contributed by atoms with van der Waals surface area (Å²) in [4.78, 5) is 27.7. The molecule has 1 aromatic carbocycles. The molecule has 2 aliphatic rings. The Morgan fingerprint density at radius 2 is 2.19 bits per heavy atom. The third kappa shape index (κ3) is 2.72. The van der Waals surface area contributed by atoms with Gasteiger partial charge in [-0.05, 0) is 18.4 Å². The SMILES string of the molecule is CC1CC1NC(=O)C1CC(c2ccccc2[N+](=O)[O-])=NO1. The lowest BCUT2D eigenvalue weighted by Gasteiger charge is -2.08. The van der Waals surface area contributed by atoms with Crippen LogP contribution in [0.5, 0.6) is 0 Å². The summed E-state index contributed by atoms with van der Waals surface area (Å²) in [5.74, 6) is 0.299. The van der Waals surface area contributed by atoms with Crippen LogP contribution in [-0.2, 0) is 9.63 Å². The molecule has 21 heavy (non-hydrogen) atoms. The van der Waals surface area contributed by atoms with Crippen LogP contribution in [0, 0.1) is 16.0 Å². The van der Waals surface area contributed by atoms with Crippen LogP contribution in [0.1, 0.15) is 25.3 Å². The van der Waals surface area contributed by atoms with E-state index in [9.17, 15) is 14.9 Å². The molecule has 0 bridgehead atoms. The van der Waals surface area contributed by atoms with E-state index in [0.717, 1.165) is 6.42 Å². The highest BCUT2D eigenvalue weighted by atomic mass is 16.6. The van der Waals surface area contributed by atoms with Crippen molar-refractivity contribution in [3.63, 3.8) is 0 Å². The smallest absolute Gasteiger partial charge is 0.278 e. The first kappa shape index (κ1) is 13.5. The lowest BCUT2D eigenvalue weighted by molar-refractivity contribution is -0.385. The highest BCUT2D eigenvalue weighted by molar-refractivity contribution is 6.06. The van der Waals surface area contributed by atoms with Crippen molar-refractivity contribution in [2.45, 2.75) is 31.9 Å². The predicted molar refractivity (Wildman–Crippen MR) is 74.8 cm³/mol. The zero-order chi connectivity index (χ0) is 15.0. The van der Waals surface area contributed by atoms with Crippen molar-refractivity contribution in [3.8, 4) is 0 Å². The van der Waals surface area contributed by atoms with Gasteiger partial charge >= 0.3 is 0 Å². The van der Waals surface area contributed by atoms with Crippen molar-refractivity contribution in [2.75, 3.05) is 0 Å². The molecule has 3 atom stereocenters. The molecule has 0 radical (unpaired) electrons. The maximum Gasteiger partial charge on any atom is 0.278 e. The van der Waals surface area contributed by atoms with Gasteiger partial charge in [0.1, 0.15) is 0 Å². The van der Waals surface area contributed by atoms with E-state index < -0.39 is 11.0 Å². The second-order valence-corrected chi connectivity index (χ2v) is 5.44. The lowest BCUT2D eigenvalue weighted by atomic mass is 10.0. The van der Waals surface area contributed by atoms with Crippen molar-refractivity contribution in [3.05, 3.63) is 39.9 Å². The van der Waals surface area contributed by atoms with E-state index in [-0.39, 0.29) is 24.1 Å². The molecule has 0 saturated heterocycles. The summed E-state index contributed by atoms with van der Waals surface area (Å²) >= 11 is 0. The number of nitrogens with one attached hydrogen (secondary N) is 1. The molecule has 1 fully saturated rings. The van der Waals surface area contributed by atoms with Crippen molar-refractivity contribution >= 4 is 17.3 Å². The minimum Gasteiger partial charge on any atom is -0.382 e. The number of amides is 1. The van der Waals surface area contributed by atoms with E-state index in [4.69, 9.17) is 4.84 Å². The number of nitrogens with zero attached hydrogens (tertiary/aromatic N) is 2. The molecule has 1 N–H and O–H groups in total. The standard InChI is InChI=1S/C14H15N3O4/c1-8-6-10(8)15-14(18)13-7-11(16-21-13)9-4-2-3-5-12(9)17(19)20/h2-5,8,10,13H,6-7H2,1H3,(H,15,18). The van der Waals surface area contributed by atoms with Crippen LogP contribution >= 0.6 is 0 Å². The molecule has 1 aliphatic carbocycles. The number of oxime groups is 1. The maximum absolute atomic E-state index is 12.0. The van der Waals surface area contributed by atoms with Crippen LogP contribution in [0.25, 0.3) is 0 Å². The average Bonchev–Trinajstić information content (AvgIpc) is 2.97. The summed E-state index contributed by atoms with van der Waals surface area (Å²) < 4.78 is 0. The van der Waals surface area contributed by atoms with Gasteiger partial charge in [0.25, 0.3) is 11.6 Å². The Morgan fingerprint density at radius 3 is 2.86 bits per heavy atom. The summed E-state index contributed by atoms with van der Waals surface area (Å²) in [6.45, 7) is 2.07. The van der Waals surface area contributed by atoms with E-state index in [0.29, 0.717) is 17.2 Å². The second kappa shape index (κ2) is 5.16. The Labute approximate surface area is 121 Å². The van der Waals surface area contributed by atoms with Crippen LogP contribution in [-0.4, -0.2) is 28.7 Å². The summed E-state index contributed by atoms with van der Waals surface area (Å²) in [6, 6.07) is 6.54. The number of benzene rings is 1. The number of carbonyl (C=O) groups excluding carboxylic acids is 1. The van der Waals surface area contributed by atoms with Gasteiger partial charge in [-0.3, -0.25) is 14.9 Å². The molecule has 1 amide bonds. The van der Waals surface area contributed by atoms with Gasteiger partial charge < -0.3 is 10.2 Å². The Morgan fingerprint density at radius 1 is 1.48 bits per heavy atom. The number of nitro groups is 1. The van der Waals surface area contributed by atoms with E-state index in [2.05, 4.69) is 17.4 Å². The van der Waals surface area contributed by atoms with Gasteiger partial charge in [-0.2, -0.15) is 0 Å². The Kier molecular flexibility index (Phi) is 3.32. The Balaban J connectivity index is 1.69. The Hall–Kier alpha value is -2.44. The fourth-order valence-corrected chi connectivity index (χ4v) is 2.35. The molecule has 110 valence electrons. The molecule has 7 heteroatoms. The molecule has 3 unspecified atom stereocenters. The highest BCUT2D eigenvalue weighted by Crippen LogP contribution is 2.30. The van der Waals surface area contributed by atoms with Crippen molar-refractivity contribution in [1.82, 2.24) is 5.32 Å². The number of hydrogen-bond acceptors (Lipinski definition) is 5. The van der Waals surface area contributed by atoms with Gasteiger partial charge in [-0.15, -0.1) is 0 Å². The summed E-state index contributed by atoms with van der Waals surface area (Å²) in [6.07, 6.45) is 0.529. The first-order valence-corrected chi connectivity index (χ1v) is 6.83. The molecule has 1 aromatic rings. The zero-order valence-electron chi connectivity index (χ0n) is 11.5. The fourth-order valence-electron chi connectivity index (χ4n) is 2.35. The van der Waals surface area contributed by atoms with Gasteiger partial charge in [-0.1, -0.05) is 24.2 Å². The summed E-state index contributed by atoms with van der Waals surface area (Å²) in [5.41, 5.74) is 0.806. The highest BCUT2D eigenvalue weighted by Gasteiger charge is 2.38. The molecule has 7 nitrogen and oxygen atoms in total. The molecule has 1 heterocycles. The van der Waals surface area contributed by atoms with Crippen molar-refractivity contribution in [1.29, 1.82) is 0 Å². The molecule has 3 rings (SSSR count). The van der Waals surface area contributed by atoms with Gasteiger partial charge in [0, 0.05) is 18.5 Å². The van der Waals surface area contributed by atoms with Crippen LogP contribution in [0.15, 0.2) is 29.4 Å². The van der Waals surface area contributed by atoms with Crippen molar-refractivity contribution < 1.29 is 14.6 Å². The van der Waals surface area contributed by atoms with Crippen LogP contribution < -0.4 is 5.32 Å². The van der Waals surface area contributed by atoms with E-state index in [1.165, 1.54) is 6.07 Å². The topological polar surface area (TPSA) is 93.8 Å². The van der Waals surface area contributed by atoms with Gasteiger partial charge in [0.15, 0.2) is 0 Å². The largest absolute Gasteiger partial charge is 0.382 e. The average molecular weight is 289 g/mol. The lowest BCUT2D eigenvalue weighted by Crippen LogP contribution is -2.36. The first-order valence-electron chi connectivity index (χ1n) is 6.83. The number of para-hydroxylation sites is 1. The minimum absolute atomic E-state index is 0.0308. The number of carbonyl (C=O) groups is 1. The van der Waals surface area contributed by atoms with E-state index in [1.807, 2.05) is 0 Å². The van der Waals surface area contributed by atoms with Gasteiger partial charge in [0.05, 0.1) is 16.2 Å². The number of nitro benzene ring substituents is 1. The predicted octanol–water partition coefficient (Wildman–Crippen LogP) is 1.61.